The van der Waals surface area contributed by atoms with E-state index in [9.17, 15) is 0 Å². The molecule has 0 spiro atoms. The molecular weight excluding hydrogens is 387 g/mol. The Hall–Kier alpha value is -0.820. The maximum Gasteiger partial charge on any atom is 0.191 e. The molecule has 1 atom stereocenters. The third-order valence-electron chi connectivity index (χ3n) is 4.34. The van der Waals surface area contributed by atoms with Gasteiger partial charge in [-0.25, -0.2) is 0 Å². The van der Waals surface area contributed by atoms with Gasteiger partial charge in [-0.1, -0.05) is 23.8 Å². The fourth-order valence-electron chi connectivity index (χ4n) is 2.90. The van der Waals surface area contributed by atoms with E-state index in [4.69, 9.17) is 0 Å². The Morgan fingerprint density at radius 2 is 2.09 bits per heavy atom. The van der Waals surface area contributed by atoms with Gasteiger partial charge in [0.15, 0.2) is 5.96 Å². The summed E-state index contributed by atoms with van der Waals surface area (Å²) in [5.41, 5.74) is 3.96. The highest BCUT2D eigenvalue weighted by Crippen LogP contribution is 2.13. The molecular formula is C17H29IN4. The van der Waals surface area contributed by atoms with Crippen LogP contribution in [-0.4, -0.2) is 44.1 Å². The van der Waals surface area contributed by atoms with Gasteiger partial charge in [0.2, 0.25) is 0 Å². The summed E-state index contributed by atoms with van der Waals surface area (Å²) in [4.78, 5) is 6.73. The number of rotatable bonds is 4. The summed E-state index contributed by atoms with van der Waals surface area (Å²) >= 11 is 0. The highest BCUT2D eigenvalue weighted by molar-refractivity contribution is 14.0. The lowest BCUT2D eigenvalue weighted by molar-refractivity contribution is 0.309. The Morgan fingerprint density at radius 1 is 1.32 bits per heavy atom. The summed E-state index contributed by atoms with van der Waals surface area (Å²) in [5.74, 6) is 0.885. The molecule has 1 aromatic rings. The third kappa shape index (κ3) is 5.43. The van der Waals surface area contributed by atoms with Crippen molar-refractivity contribution in [3.8, 4) is 0 Å². The Balaban J connectivity index is 0.00000242. The van der Waals surface area contributed by atoms with Gasteiger partial charge in [-0.05, 0) is 51.4 Å². The van der Waals surface area contributed by atoms with E-state index in [2.05, 4.69) is 59.6 Å². The van der Waals surface area contributed by atoms with Crippen LogP contribution in [-0.2, 0) is 6.54 Å². The van der Waals surface area contributed by atoms with Crippen LogP contribution in [0.15, 0.2) is 23.2 Å². The number of aryl methyl sites for hydroxylation is 2. The van der Waals surface area contributed by atoms with Crippen LogP contribution in [0.3, 0.4) is 0 Å². The predicted molar refractivity (Wildman–Crippen MR) is 105 cm³/mol. The van der Waals surface area contributed by atoms with Crippen LogP contribution in [0.4, 0.5) is 0 Å². The zero-order chi connectivity index (χ0) is 15.2. The van der Waals surface area contributed by atoms with Crippen molar-refractivity contribution in [2.75, 3.05) is 27.2 Å². The summed E-state index contributed by atoms with van der Waals surface area (Å²) in [6.07, 6.45) is 2.58. The number of aliphatic imine (C=N–C) groups is 1. The van der Waals surface area contributed by atoms with Gasteiger partial charge in [-0.15, -0.1) is 24.0 Å². The molecule has 22 heavy (non-hydrogen) atoms. The number of benzene rings is 1. The number of nitrogens with one attached hydrogen (secondary N) is 2. The van der Waals surface area contributed by atoms with E-state index in [-0.39, 0.29) is 24.0 Å². The summed E-state index contributed by atoms with van der Waals surface area (Å²) < 4.78 is 0. The van der Waals surface area contributed by atoms with Crippen LogP contribution < -0.4 is 10.6 Å². The van der Waals surface area contributed by atoms with Gasteiger partial charge >= 0.3 is 0 Å². The van der Waals surface area contributed by atoms with Crippen molar-refractivity contribution in [2.24, 2.45) is 4.99 Å². The fraction of sp³-hybridized carbons (Fsp3) is 0.588. The smallest absolute Gasteiger partial charge is 0.191 e. The molecule has 0 bridgehead atoms. The van der Waals surface area contributed by atoms with Crippen molar-refractivity contribution >= 4 is 29.9 Å². The number of likely N-dealkylation sites (N-methyl/N-ethyl adjacent to an activating group) is 1. The second-order valence-electron chi connectivity index (χ2n) is 6.01. The van der Waals surface area contributed by atoms with E-state index in [0.29, 0.717) is 6.04 Å². The largest absolute Gasteiger partial charge is 0.355 e. The zero-order valence-corrected chi connectivity index (χ0v) is 16.5. The van der Waals surface area contributed by atoms with Gasteiger partial charge in [0.05, 0.1) is 0 Å². The predicted octanol–water partition coefficient (Wildman–Crippen LogP) is 2.68. The van der Waals surface area contributed by atoms with E-state index < -0.39 is 0 Å². The van der Waals surface area contributed by atoms with Crippen molar-refractivity contribution in [3.63, 3.8) is 0 Å². The average Bonchev–Trinajstić information content (AvgIpc) is 2.86. The molecule has 1 aliphatic rings. The third-order valence-corrected chi connectivity index (χ3v) is 4.34. The molecule has 0 aliphatic carbocycles. The molecule has 1 unspecified atom stereocenters. The van der Waals surface area contributed by atoms with Crippen molar-refractivity contribution < 1.29 is 0 Å². The van der Waals surface area contributed by atoms with Crippen molar-refractivity contribution in [2.45, 2.75) is 39.3 Å². The molecule has 1 saturated heterocycles. The minimum atomic E-state index is 0. The molecule has 1 fully saturated rings. The van der Waals surface area contributed by atoms with Crippen molar-refractivity contribution in [3.05, 3.63) is 34.9 Å². The molecule has 1 aliphatic heterocycles. The standard InChI is InChI=1S/C17H28N4.HI/c1-13-7-8-15(14(2)10-13)11-19-17(18-3)20-12-16-6-5-9-21(16)4;/h7-8,10,16H,5-6,9,11-12H2,1-4H3,(H2,18,19,20);1H. The lowest BCUT2D eigenvalue weighted by atomic mass is 10.1. The molecule has 0 saturated carbocycles. The van der Waals surface area contributed by atoms with Gasteiger partial charge in [-0.2, -0.15) is 0 Å². The summed E-state index contributed by atoms with van der Waals surface area (Å²) in [7, 11) is 4.03. The number of likely N-dealkylation sites (tertiary alicyclic amines) is 1. The maximum atomic E-state index is 4.31. The molecule has 2 rings (SSSR count). The van der Waals surface area contributed by atoms with Gasteiger partial charge in [0, 0.05) is 26.2 Å². The molecule has 0 aromatic heterocycles. The molecule has 5 heteroatoms. The number of hydrogen-bond donors (Lipinski definition) is 2. The maximum absolute atomic E-state index is 4.31. The molecule has 4 nitrogen and oxygen atoms in total. The summed E-state index contributed by atoms with van der Waals surface area (Å²) in [6, 6.07) is 7.20. The van der Waals surface area contributed by atoms with Crippen LogP contribution in [0, 0.1) is 13.8 Å². The van der Waals surface area contributed by atoms with E-state index in [1.54, 1.807) is 0 Å². The molecule has 0 amide bonds. The second-order valence-corrected chi connectivity index (χ2v) is 6.01. The molecule has 1 heterocycles. The van der Waals surface area contributed by atoms with Crippen LogP contribution in [0.5, 0.6) is 0 Å². The van der Waals surface area contributed by atoms with Crippen LogP contribution >= 0.6 is 24.0 Å². The summed E-state index contributed by atoms with van der Waals surface area (Å²) in [5, 5.41) is 6.85. The van der Waals surface area contributed by atoms with Crippen LogP contribution in [0.1, 0.15) is 29.5 Å². The van der Waals surface area contributed by atoms with Gasteiger partial charge < -0.3 is 15.5 Å². The Labute approximate surface area is 151 Å². The quantitative estimate of drug-likeness (QED) is 0.451. The number of hydrogen-bond acceptors (Lipinski definition) is 2. The van der Waals surface area contributed by atoms with Crippen LogP contribution in [0.25, 0.3) is 0 Å². The number of halogens is 1. The Kier molecular flexibility index (Phi) is 8.17. The monoisotopic (exact) mass is 416 g/mol. The lowest BCUT2D eigenvalue weighted by Gasteiger charge is -2.21. The van der Waals surface area contributed by atoms with E-state index >= 15 is 0 Å². The second kappa shape index (κ2) is 9.35. The first-order chi connectivity index (χ1) is 10.1. The van der Waals surface area contributed by atoms with Gasteiger partial charge in [0.1, 0.15) is 0 Å². The molecule has 1 aromatic carbocycles. The van der Waals surface area contributed by atoms with Crippen LogP contribution in [0.2, 0.25) is 0 Å². The first kappa shape index (κ1) is 19.2. The van der Waals surface area contributed by atoms with Gasteiger partial charge in [0.25, 0.3) is 0 Å². The molecule has 124 valence electrons. The highest BCUT2D eigenvalue weighted by atomic mass is 127. The Bertz CT molecular complexity index is 501. The normalized spacial score (nSPS) is 18.9. The number of nitrogens with zero attached hydrogens (tertiary/aromatic N) is 2. The topological polar surface area (TPSA) is 39.7 Å². The average molecular weight is 416 g/mol. The number of guanidine groups is 1. The highest BCUT2D eigenvalue weighted by Gasteiger charge is 2.20. The fourth-order valence-corrected chi connectivity index (χ4v) is 2.90. The molecule has 2 N–H and O–H groups in total. The van der Waals surface area contributed by atoms with Gasteiger partial charge in [-0.3, -0.25) is 4.99 Å². The first-order valence-corrected chi connectivity index (χ1v) is 7.81. The Morgan fingerprint density at radius 3 is 2.68 bits per heavy atom. The van der Waals surface area contributed by atoms with Crippen molar-refractivity contribution in [1.82, 2.24) is 15.5 Å². The minimum Gasteiger partial charge on any atom is -0.355 e. The first-order valence-electron chi connectivity index (χ1n) is 7.81. The van der Waals surface area contributed by atoms with E-state index in [1.165, 1.54) is 36.1 Å². The zero-order valence-electron chi connectivity index (χ0n) is 14.1. The molecule has 0 radical (unpaired) electrons. The SMILES string of the molecule is CN=C(NCc1ccc(C)cc1C)NCC1CCCN1C.I. The van der Waals surface area contributed by atoms with E-state index in [0.717, 1.165) is 19.0 Å². The lowest BCUT2D eigenvalue weighted by Crippen LogP contribution is -2.43. The minimum absolute atomic E-state index is 0. The summed E-state index contributed by atoms with van der Waals surface area (Å²) in [6.45, 7) is 7.27. The van der Waals surface area contributed by atoms with Crippen molar-refractivity contribution in [1.29, 1.82) is 0 Å². The van der Waals surface area contributed by atoms with E-state index in [1.807, 2.05) is 7.05 Å².